The highest BCUT2D eigenvalue weighted by Gasteiger charge is 2.30. The smallest absolute Gasteiger partial charge is 0.225 e. The second-order valence-corrected chi connectivity index (χ2v) is 7.38. The SMILES string of the molecule is CCC1CN(C(=O)C(C)C)CCC1NCc1cccc2cccnc12. The number of carbonyl (C=O) groups is 1. The third kappa shape index (κ3) is 4.01. The van der Waals surface area contributed by atoms with E-state index in [1.807, 2.05) is 26.1 Å². The van der Waals surface area contributed by atoms with Gasteiger partial charge in [-0.1, -0.05) is 51.5 Å². The largest absolute Gasteiger partial charge is 0.342 e. The summed E-state index contributed by atoms with van der Waals surface area (Å²) in [6.07, 6.45) is 3.97. The summed E-state index contributed by atoms with van der Waals surface area (Å²) < 4.78 is 0. The third-order valence-electron chi connectivity index (χ3n) is 5.33. The number of para-hydroxylation sites is 1. The number of aromatic nitrogens is 1. The van der Waals surface area contributed by atoms with Crippen molar-refractivity contribution in [3.63, 3.8) is 0 Å². The van der Waals surface area contributed by atoms with Crippen LogP contribution in [-0.4, -0.2) is 34.9 Å². The highest BCUT2D eigenvalue weighted by molar-refractivity contribution is 5.81. The van der Waals surface area contributed by atoms with Gasteiger partial charge in [0.1, 0.15) is 0 Å². The van der Waals surface area contributed by atoms with Crippen LogP contribution in [0.25, 0.3) is 10.9 Å². The van der Waals surface area contributed by atoms with E-state index in [0.717, 1.165) is 38.0 Å². The first-order valence-electron chi connectivity index (χ1n) is 9.45. The number of rotatable bonds is 5. The Kier molecular flexibility index (Phi) is 5.69. The number of benzene rings is 1. The van der Waals surface area contributed by atoms with Crippen molar-refractivity contribution >= 4 is 16.8 Å². The molecule has 1 aliphatic heterocycles. The van der Waals surface area contributed by atoms with Crippen molar-refractivity contribution in [3.05, 3.63) is 42.1 Å². The first-order chi connectivity index (χ1) is 12.1. The van der Waals surface area contributed by atoms with E-state index in [1.165, 1.54) is 10.9 Å². The Labute approximate surface area is 150 Å². The van der Waals surface area contributed by atoms with E-state index in [9.17, 15) is 4.79 Å². The minimum Gasteiger partial charge on any atom is -0.342 e. The van der Waals surface area contributed by atoms with E-state index in [1.54, 1.807) is 0 Å². The second kappa shape index (κ2) is 7.96. The number of hydrogen-bond acceptors (Lipinski definition) is 3. The molecule has 1 N–H and O–H groups in total. The zero-order valence-electron chi connectivity index (χ0n) is 15.5. The van der Waals surface area contributed by atoms with Crippen LogP contribution in [0.3, 0.4) is 0 Å². The quantitative estimate of drug-likeness (QED) is 0.905. The number of hydrogen-bond donors (Lipinski definition) is 1. The molecule has 0 bridgehead atoms. The number of nitrogens with zero attached hydrogens (tertiary/aromatic N) is 2. The fraction of sp³-hybridized carbons (Fsp3) is 0.524. The first-order valence-corrected chi connectivity index (χ1v) is 9.45. The van der Waals surface area contributed by atoms with E-state index in [4.69, 9.17) is 0 Å². The van der Waals surface area contributed by atoms with Crippen LogP contribution in [0, 0.1) is 11.8 Å². The predicted octanol–water partition coefficient (Wildman–Crippen LogP) is 3.61. The lowest BCUT2D eigenvalue weighted by molar-refractivity contribution is -0.136. The summed E-state index contributed by atoms with van der Waals surface area (Å²) in [5, 5.41) is 4.93. The Morgan fingerprint density at radius 2 is 2.12 bits per heavy atom. The van der Waals surface area contributed by atoms with Gasteiger partial charge >= 0.3 is 0 Å². The van der Waals surface area contributed by atoms with Gasteiger partial charge in [-0.2, -0.15) is 0 Å². The average Bonchev–Trinajstić information content (AvgIpc) is 2.65. The normalized spacial score (nSPS) is 21.0. The van der Waals surface area contributed by atoms with Gasteiger partial charge in [-0.3, -0.25) is 9.78 Å². The molecule has 2 unspecified atom stereocenters. The second-order valence-electron chi connectivity index (χ2n) is 7.38. The van der Waals surface area contributed by atoms with Gasteiger partial charge in [-0.25, -0.2) is 0 Å². The molecule has 0 spiro atoms. The number of pyridine rings is 1. The van der Waals surface area contributed by atoms with Crippen LogP contribution >= 0.6 is 0 Å². The monoisotopic (exact) mass is 339 g/mol. The van der Waals surface area contributed by atoms with Gasteiger partial charge in [0.15, 0.2) is 0 Å². The minimum absolute atomic E-state index is 0.0868. The predicted molar refractivity (Wildman–Crippen MR) is 102 cm³/mol. The molecule has 4 nitrogen and oxygen atoms in total. The molecule has 1 amide bonds. The molecule has 0 saturated carbocycles. The van der Waals surface area contributed by atoms with Crippen molar-refractivity contribution in [1.82, 2.24) is 15.2 Å². The molecule has 3 rings (SSSR count). The molecule has 4 heteroatoms. The lowest BCUT2D eigenvalue weighted by Crippen LogP contribution is -2.51. The Morgan fingerprint density at radius 3 is 2.88 bits per heavy atom. The van der Waals surface area contributed by atoms with Crippen molar-refractivity contribution in [2.24, 2.45) is 11.8 Å². The van der Waals surface area contributed by atoms with Crippen LogP contribution in [0.15, 0.2) is 36.5 Å². The Hall–Kier alpha value is -1.94. The van der Waals surface area contributed by atoms with Crippen molar-refractivity contribution in [2.45, 2.75) is 46.2 Å². The van der Waals surface area contributed by atoms with E-state index in [-0.39, 0.29) is 11.8 Å². The number of fused-ring (bicyclic) bond motifs is 1. The standard InChI is InChI=1S/C21H29N3O/c1-4-16-14-24(21(25)15(2)3)12-10-19(16)23-13-18-8-5-7-17-9-6-11-22-20(17)18/h5-9,11,15-16,19,23H,4,10,12-14H2,1-3H3. The van der Waals surface area contributed by atoms with Gasteiger partial charge in [0.2, 0.25) is 5.91 Å². The molecule has 1 aromatic carbocycles. The summed E-state index contributed by atoms with van der Waals surface area (Å²) in [6.45, 7) is 8.76. The summed E-state index contributed by atoms with van der Waals surface area (Å²) in [4.78, 5) is 18.9. The number of nitrogens with one attached hydrogen (secondary N) is 1. The topological polar surface area (TPSA) is 45.2 Å². The van der Waals surface area contributed by atoms with E-state index >= 15 is 0 Å². The maximum atomic E-state index is 12.3. The van der Waals surface area contributed by atoms with E-state index in [2.05, 4.69) is 46.4 Å². The molecule has 0 radical (unpaired) electrons. The highest BCUT2D eigenvalue weighted by Crippen LogP contribution is 2.23. The van der Waals surface area contributed by atoms with E-state index < -0.39 is 0 Å². The van der Waals surface area contributed by atoms with Gasteiger partial charge in [0.25, 0.3) is 0 Å². The number of piperidine rings is 1. The van der Waals surface area contributed by atoms with Crippen LogP contribution in [0.5, 0.6) is 0 Å². The molecule has 2 heterocycles. The van der Waals surface area contributed by atoms with Crippen molar-refractivity contribution < 1.29 is 4.79 Å². The molecule has 134 valence electrons. The fourth-order valence-electron chi connectivity index (χ4n) is 3.83. The zero-order chi connectivity index (χ0) is 17.8. The number of likely N-dealkylation sites (tertiary alicyclic amines) is 1. The molecule has 0 aliphatic carbocycles. The van der Waals surface area contributed by atoms with Gasteiger partial charge in [-0.15, -0.1) is 0 Å². The van der Waals surface area contributed by atoms with Crippen molar-refractivity contribution in [3.8, 4) is 0 Å². The summed E-state index contributed by atoms with van der Waals surface area (Å²) in [5.41, 5.74) is 2.33. The lowest BCUT2D eigenvalue weighted by Gasteiger charge is -2.39. The molecule has 2 atom stereocenters. The molecule has 1 saturated heterocycles. The number of amides is 1. The van der Waals surface area contributed by atoms with Crippen LogP contribution in [0.4, 0.5) is 0 Å². The fourth-order valence-corrected chi connectivity index (χ4v) is 3.83. The zero-order valence-corrected chi connectivity index (χ0v) is 15.5. The molecule has 1 aliphatic rings. The molecular formula is C21H29N3O. The van der Waals surface area contributed by atoms with Crippen LogP contribution in [0.2, 0.25) is 0 Å². The van der Waals surface area contributed by atoms with Crippen LogP contribution in [0.1, 0.15) is 39.2 Å². The minimum atomic E-state index is 0.0868. The number of carbonyl (C=O) groups excluding carboxylic acids is 1. The van der Waals surface area contributed by atoms with Gasteiger partial charge in [0.05, 0.1) is 5.52 Å². The molecule has 1 fully saturated rings. The summed E-state index contributed by atoms with van der Waals surface area (Å²) >= 11 is 0. The van der Waals surface area contributed by atoms with Crippen LogP contribution < -0.4 is 5.32 Å². The maximum Gasteiger partial charge on any atom is 0.225 e. The molecular weight excluding hydrogens is 310 g/mol. The van der Waals surface area contributed by atoms with Crippen molar-refractivity contribution in [2.75, 3.05) is 13.1 Å². The maximum absolute atomic E-state index is 12.3. The molecule has 2 aromatic rings. The molecule has 1 aromatic heterocycles. The third-order valence-corrected chi connectivity index (χ3v) is 5.33. The summed E-state index contributed by atoms with van der Waals surface area (Å²) in [5.74, 6) is 0.887. The van der Waals surface area contributed by atoms with Gasteiger partial charge in [0, 0.05) is 43.2 Å². The van der Waals surface area contributed by atoms with Crippen molar-refractivity contribution in [1.29, 1.82) is 0 Å². The summed E-state index contributed by atoms with van der Waals surface area (Å²) in [6, 6.07) is 10.9. The van der Waals surface area contributed by atoms with E-state index in [0.29, 0.717) is 12.0 Å². The van der Waals surface area contributed by atoms with Crippen LogP contribution in [-0.2, 0) is 11.3 Å². The Balaban J connectivity index is 1.66. The summed E-state index contributed by atoms with van der Waals surface area (Å²) in [7, 11) is 0. The lowest BCUT2D eigenvalue weighted by atomic mass is 9.89. The Morgan fingerprint density at radius 1 is 1.32 bits per heavy atom. The highest BCUT2D eigenvalue weighted by atomic mass is 16.2. The Bertz CT molecular complexity index is 723. The van der Waals surface area contributed by atoms with Gasteiger partial charge in [-0.05, 0) is 24.0 Å². The average molecular weight is 339 g/mol. The molecule has 25 heavy (non-hydrogen) atoms. The van der Waals surface area contributed by atoms with Gasteiger partial charge < -0.3 is 10.2 Å². The first kappa shape index (κ1) is 17.9.